The van der Waals surface area contributed by atoms with Gasteiger partial charge in [0.1, 0.15) is 0 Å². The summed E-state index contributed by atoms with van der Waals surface area (Å²) in [5.41, 5.74) is 5.63. The van der Waals surface area contributed by atoms with Crippen LogP contribution in [0.4, 0.5) is 0 Å². The Morgan fingerprint density at radius 3 is 2.33 bits per heavy atom. The molecule has 0 rings (SSSR count). The molecule has 3 N–H and O–H groups in total. The van der Waals surface area contributed by atoms with Gasteiger partial charge in [-0.2, -0.15) is 0 Å². The molecule has 1 unspecified atom stereocenters. The van der Waals surface area contributed by atoms with Crippen molar-refractivity contribution in [2.45, 2.75) is 39.3 Å². The molecule has 9 heavy (non-hydrogen) atoms. The van der Waals surface area contributed by atoms with Crippen molar-refractivity contribution in [3.05, 3.63) is 0 Å². The fraction of sp³-hybridized carbons (Fsp3) is 1.00. The van der Waals surface area contributed by atoms with Crippen molar-refractivity contribution < 1.29 is 0 Å². The molecular formula is C7H18N2. The maximum atomic E-state index is 5.79. The molecule has 0 aliphatic rings. The number of nitrogens with two attached hydrogens (primary N) is 1. The average Bonchev–Trinajstić information content (AvgIpc) is 1.84. The van der Waals surface area contributed by atoms with Crippen molar-refractivity contribution in [3.63, 3.8) is 0 Å². The van der Waals surface area contributed by atoms with Crippen LogP contribution in [0.1, 0.15) is 33.6 Å². The highest BCUT2D eigenvalue weighted by atomic mass is 15.1. The molecule has 2 nitrogen and oxygen atoms in total. The Kier molecular flexibility index (Phi) is 3.82. The lowest BCUT2D eigenvalue weighted by atomic mass is 10.1. The summed E-state index contributed by atoms with van der Waals surface area (Å²) in [5.74, 6) is 0. The van der Waals surface area contributed by atoms with E-state index < -0.39 is 0 Å². The van der Waals surface area contributed by atoms with Crippen molar-refractivity contribution >= 4 is 0 Å². The van der Waals surface area contributed by atoms with Gasteiger partial charge >= 0.3 is 0 Å². The summed E-state index contributed by atoms with van der Waals surface area (Å²) in [5, 5.41) is 3.24. The van der Waals surface area contributed by atoms with Crippen LogP contribution >= 0.6 is 0 Å². The molecular weight excluding hydrogens is 112 g/mol. The van der Waals surface area contributed by atoms with Gasteiger partial charge in [0.15, 0.2) is 0 Å². The van der Waals surface area contributed by atoms with E-state index in [4.69, 9.17) is 5.73 Å². The highest BCUT2D eigenvalue weighted by molar-refractivity contribution is 4.72. The van der Waals surface area contributed by atoms with Gasteiger partial charge in [0.05, 0.1) is 5.66 Å². The monoisotopic (exact) mass is 130 g/mol. The molecule has 1 atom stereocenters. The standard InChI is InChI=1S/C7H18N2/c1-4-6-9-7(3,8)5-2/h9H,4-6,8H2,1-3H3. The summed E-state index contributed by atoms with van der Waals surface area (Å²) in [6.07, 6.45) is 2.12. The van der Waals surface area contributed by atoms with E-state index >= 15 is 0 Å². The Bertz CT molecular complexity index is 69.3. The molecule has 0 radical (unpaired) electrons. The summed E-state index contributed by atoms with van der Waals surface area (Å²) in [6.45, 7) is 7.25. The van der Waals surface area contributed by atoms with Crippen LogP contribution in [0.5, 0.6) is 0 Å². The van der Waals surface area contributed by atoms with Gasteiger partial charge in [-0.3, -0.25) is 5.32 Å². The number of rotatable bonds is 4. The molecule has 0 spiro atoms. The first-order chi connectivity index (χ1) is 4.12. The average molecular weight is 130 g/mol. The smallest absolute Gasteiger partial charge is 0.0630 e. The lowest BCUT2D eigenvalue weighted by Gasteiger charge is -2.23. The van der Waals surface area contributed by atoms with Crippen molar-refractivity contribution in [1.82, 2.24) is 5.32 Å². The minimum Gasteiger partial charge on any atom is -0.314 e. The molecule has 0 aromatic rings. The summed E-state index contributed by atoms with van der Waals surface area (Å²) >= 11 is 0. The molecule has 0 aliphatic heterocycles. The van der Waals surface area contributed by atoms with E-state index in [0.29, 0.717) is 0 Å². The zero-order valence-corrected chi connectivity index (χ0v) is 6.70. The molecule has 2 heteroatoms. The predicted octanol–water partition coefficient (Wildman–Crippen LogP) is 1.07. The van der Waals surface area contributed by atoms with Gasteiger partial charge in [-0.05, 0) is 26.3 Å². The van der Waals surface area contributed by atoms with E-state index in [1.54, 1.807) is 0 Å². The van der Waals surface area contributed by atoms with Gasteiger partial charge in [-0.25, -0.2) is 0 Å². The summed E-state index contributed by atoms with van der Waals surface area (Å²) in [7, 11) is 0. The Balaban J connectivity index is 3.33. The van der Waals surface area contributed by atoms with E-state index in [1.807, 2.05) is 6.92 Å². The molecule has 0 bridgehead atoms. The highest BCUT2D eigenvalue weighted by Gasteiger charge is 2.11. The first kappa shape index (κ1) is 8.92. The van der Waals surface area contributed by atoms with Crippen LogP contribution in [0.2, 0.25) is 0 Å². The molecule has 0 saturated heterocycles. The fourth-order valence-electron chi connectivity index (χ4n) is 0.536. The van der Waals surface area contributed by atoms with Crippen LogP contribution in [0.15, 0.2) is 0 Å². The normalized spacial score (nSPS) is 17.3. The number of hydrogen-bond acceptors (Lipinski definition) is 2. The van der Waals surface area contributed by atoms with Crippen LogP contribution in [0, 0.1) is 0 Å². The van der Waals surface area contributed by atoms with Gasteiger partial charge < -0.3 is 5.73 Å². The molecule has 0 heterocycles. The van der Waals surface area contributed by atoms with Gasteiger partial charge in [-0.1, -0.05) is 13.8 Å². The van der Waals surface area contributed by atoms with E-state index in [9.17, 15) is 0 Å². The minimum atomic E-state index is -0.157. The Labute approximate surface area is 57.8 Å². The summed E-state index contributed by atoms with van der Waals surface area (Å²) in [6, 6.07) is 0. The highest BCUT2D eigenvalue weighted by Crippen LogP contribution is 1.97. The zero-order chi connectivity index (χ0) is 7.33. The lowest BCUT2D eigenvalue weighted by Crippen LogP contribution is -2.50. The third-order valence-electron chi connectivity index (χ3n) is 1.51. The van der Waals surface area contributed by atoms with Gasteiger partial charge in [0, 0.05) is 0 Å². The van der Waals surface area contributed by atoms with Gasteiger partial charge in [-0.15, -0.1) is 0 Å². The molecule has 0 aromatic heterocycles. The van der Waals surface area contributed by atoms with Crippen LogP contribution < -0.4 is 11.1 Å². The third kappa shape index (κ3) is 4.43. The van der Waals surface area contributed by atoms with E-state index in [1.165, 1.54) is 0 Å². The Morgan fingerprint density at radius 1 is 1.44 bits per heavy atom. The van der Waals surface area contributed by atoms with E-state index in [2.05, 4.69) is 19.2 Å². The molecule has 0 aliphatic carbocycles. The molecule has 0 saturated carbocycles. The SMILES string of the molecule is CCCNC(C)(N)CC. The van der Waals surface area contributed by atoms with Crippen LogP contribution in [-0.2, 0) is 0 Å². The molecule has 0 aromatic carbocycles. The quantitative estimate of drug-likeness (QED) is 0.559. The van der Waals surface area contributed by atoms with E-state index in [-0.39, 0.29) is 5.66 Å². The van der Waals surface area contributed by atoms with Crippen molar-refractivity contribution in [1.29, 1.82) is 0 Å². The second-order valence-corrected chi connectivity index (χ2v) is 2.70. The summed E-state index contributed by atoms with van der Waals surface area (Å²) < 4.78 is 0. The second-order valence-electron chi connectivity index (χ2n) is 2.70. The van der Waals surface area contributed by atoms with Gasteiger partial charge in [0.25, 0.3) is 0 Å². The first-order valence-electron chi connectivity index (χ1n) is 3.66. The Morgan fingerprint density at radius 2 is 2.00 bits per heavy atom. The number of hydrogen-bond donors (Lipinski definition) is 2. The molecule has 0 fully saturated rings. The molecule has 0 amide bonds. The maximum absolute atomic E-state index is 5.79. The van der Waals surface area contributed by atoms with Crippen molar-refractivity contribution in [2.24, 2.45) is 5.73 Å². The zero-order valence-electron chi connectivity index (χ0n) is 6.70. The molecule has 56 valence electrons. The predicted molar refractivity (Wildman–Crippen MR) is 41.2 cm³/mol. The van der Waals surface area contributed by atoms with E-state index in [0.717, 1.165) is 19.4 Å². The Hall–Kier alpha value is -0.0800. The first-order valence-corrected chi connectivity index (χ1v) is 3.66. The van der Waals surface area contributed by atoms with Gasteiger partial charge in [0.2, 0.25) is 0 Å². The van der Waals surface area contributed by atoms with Crippen molar-refractivity contribution in [2.75, 3.05) is 6.54 Å². The fourth-order valence-corrected chi connectivity index (χ4v) is 0.536. The number of nitrogens with one attached hydrogen (secondary N) is 1. The second kappa shape index (κ2) is 3.85. The van der Waals surface area contributed by atoms with Crippen LogP contribution in [-0.4, -0.2) is 12.2 Å². The van der Waals surface area contributed by atoms with Crippen LogP contribution in [0.25, 0.3) is 0 Å². The third-order valence-corrected chi connectivity index (χ3v) is 1.51. The maximum Gasteiger partial charge on any atom is 0.0630 e. The largest absolute Gasteiger partial charge is 0.314 e. The summed E-state index contributed by atoms with van der Waals surface area (Å²) in [4.78, 5) is 0. The minimum absolute atomic E-state index is 0.157. The van der Waals surface area contributed by atoms with Crippen molar-refractivity contribution in [3.8, 4) is 0 Å². The lowest BCUT2D eigenvalue weighted by molar-refractivity contribution is 0.356. The van der Waals surface area contributed by atoms with Crippen LogP contribution in [0.3, 0.4) is 0 Å². The topological polar surface area (TPSA) is 38.0 Å².